The summed E-state index contributed by atoms with van der Waals surface area (Å²) in [5.41, 5.74) is 6.70. The van der Waals surface area contributed by atoms with E-state index in [9.17, 15) is 9.59 Å². The van der Waals surface area contributed by atoms with E-state index in [1.165, 1.54) is 22.2 Å². The van der Waals surface area contributed by atoms with E-state index in [-0.39, 0.29) is 36.5 Å². The van der Waals surface area contributed by atoms with Crippen LogP contribution in [0.2, 0.25) is 0 Å². The third-order valence-corrected chi connectivity index (χ3v) is 6.21. The highest BCUT2D eigenvalue weighted by Gasteiger charge is 2.28. The van der Waals surface area contributed by atoms with Crippen molar-refractivity contribution in [2.75, 3.05) is 6.54 Å². The van der Waals surface area contributed by atoms with Crippen LogP contribution in [0.1, 0.15) is 12.8 Å². The molecular formula is C17H19ClN4O2S2. The lowest BCUT2D eigenvalue weighted by Gasteiger charge is -2.12. The molecule has 6 nitrogen and oxygen atoms in total. The van der Waals surface area contributed by atoms with Crippen LogP contribution in [0.25, 0.3) is 20.7 Å². The second-order valence-corrected chi connectivity index (χ2v) is 8.10. The predicted octanol–water partition coefficient (Wildman–Crippen LogP) is 2.46. The molecule has 1 atom stereocenters. The van der Waals surface area contributed by atoms with Gasteiger partial charge in [0, 0.05) is 28.4 Å². The van der Waals surface area contributed by atoms with Crippen molar-refractivity contribution in [3.63, 3.8) is 0 Å². The lowest BCUT2D eigenvalue weighted by atomic mass is 10.2. The molecule has 0 aliphatic heterocycles. The predicted molar refractivity (Wildman–Crippen MR) is 108 cm³/mol. The molecule has 1 aliphatic carbocycles. The van der Waals surface area contributed by atoms with Gasteiger partial charge in [0.1, 0.15) is 11.4 Å². The van der Waals surface area contributed by atoms with Crippen molar-refractivity contribution in [3.05, 3.63) is 39.6 Å². The minimum absolute atomic E-state index is 0. The fourth-order valence-corrected chi connectivity index (χ4v) is 4.55. The minimum atomic E-state index is -0.216. The number of halogens is 1. The fourth-order valence-electron chi connectivity index (χ4n) is 2.83. The Morgan fingerprint density at radius 1 is 1.42 bits per heavy atom. The van der Waals surface area contributed by atoms with Gasteiger partial charge in [0.05, 0.1) is 11.7 Å². The number of carbonyl (C=O) groups excluding carboxylic acids is 1. The van der Waals surface area contributed by atoms with Gasteiger partial charge in [-0.3, -0.25) is 14.2 Å². The topological polar surface area (TPSA) is 90.0 Å². The molecule has 4 rings (SSSR count). The van der Waals surface area contributed by atoms with Crippen LogP contribution >= 0.6 is 35.1 Å². The van der Waals surface area contributed by atoms with Gasteiger partial charge in [-0.25, -0.2) is 4.98 Å². The number of thiophene rings is 2. The number of hydrogen-bond donors (Lipinski definition) is 2. The highest BCUT2D eigenvalue weighted by Crippen LogP contribution is 2.33. The van der Waals surface area contributed by atoms with Crippen molar-refractivity contribution in [1.82, 2.24) is 14.9 Å². The molecule has 0 radical (unpaired) electrons. The molecule has 0 aromatic carbocycles. The first-order chi connectivity index (χ1) is 12.1. The van der Waals surface area contributed by atoms with E-state index in [1.807, 2.05) is 22.9 Å². The molecule has 26 heavy (non-hydrogen) atoms. The van der Waals surface area contributed by atoms with Gasteiger partial charge in [0.2, 0.25) is 5.91 Å². The van der Waals surface area contributed by atoms with Crippen molar-refractivity contribution in [3.8, 4) is 10.4 Å². The molecule has 9 heteroatoms. The number of carbonyl (C=O) groups is 1. The van der Waals surface area contributed by atoms with Gasteiger partial charge in [0.15, 0.2) is 0 Å². The molecule has 1 fully saturated rings. The Morgan fingerprint density at radius 3 is 2.92 bits per heavy atom. The smallest absolute Gasteiger partial charge is 0.263 e. The zero-order chi connectivity index (χ0) is 17.4. The van der Waals surface area contributed by atoms with Gasteiger partial charge in [-0.15, -0.1) is 35.1 Å². The largest absolute Gasteiger partial charge is 0.353 e. The summed E-state index contributed by atoms with van der Waals surface area (Å²) in [6.07, 6.45) is 3.72. The Labute approximate surface area is 164 Å². The number of fused-ring (bicyclic) bond motifs is 1. The van der Waals surface area contributed by atoms with Crippen LogP contribution in [0.4, 0.5) is 0 Å². The van der Waals surface area contributed by atoms with Crippen LogP contribution in [0.3, 0.4) is 0 Å². The van der Waals surface area contributed by atoms with E-state index in [0.29, 0.717) is 22.7 Å². The molecule has 1 amide bonds. The van der Waals surface area contributed by atoms with Gasteiger partial charge >= 0.3 is 0 Å². The maximum absolute atomic E-state index is 12.8. The molecule has 1 saturated carbocycles. The van der Waals surface area contributed by atoms with Gasteiger partial charge in [-0.2, -0.15) is 0 Å². The molecule has 0 spiro atoms. The van der Waals surface area contributed by atoms with E-state index >= 15 is 0 Å². The van der Waals surface area contributed by atoms with E-state index in [2.05, 4.69) is 10.3 Å². The third-order valence-electron chi connectivity index (χ3n) is 4.42. The summed E-state index contributed by atoms with van der Waals surface area (Å²) in [6.45, 7) is 0.408. The summed E-state index contributed by atoms with van der Waals surface area (Å²) in [6, 6.07) is 3.94. The molecule has 0 bridgehead atoms. The molecule has 3 aromatic rings. The summed E-state index contributed by atoms with van der Waals surface area (Å²) in [5, 5.41) is 7.32. The summed E-state index contributed by atoms with van der Waals surface area (Å²) in [4.78, 5) is 31.0. The SMILES string of the molecule is Cl.NC(CNC(=O)Cn1cnc2scc(-c3cccs3)c2c1=O)C1CC1. The maximum Gasteiger partial charge on any atom is 0.263 e. The molecule has 3 aromatic heterocycles. The van der Waals surface area contributed by atoms with Crippen molar-refractivity contribution in [2.24, 2.45) is 11.7 Å². The van der Waals surface area contributed by atoms with Crippen molar-refractivity contribution >= 4 is 51.2 Å². The van der Waals surface area contributed by atoms with Crippen molar-refractivity contribution in [1.29, 1.82) is 0 Å². The first-order valence-corrected chi connectivity index (χ1v) is 9.92. The Bertz CT molecular complexity index is 963. The number of nitrogens with zero attached hydrogens (tertiary/aromatic N) is 2. The van der Waals surface area contributed by atoms with E-state index in [1.54, 1.807) is 11.3 Å². The monoisotopic (exact) mass is 410 g/mol. The Morgan fingerprint density at radius 2 is 2.23 bits per heavy atom. The quantitative estimate of drug-likeness (QED) is 0.653. The highest BCUT2D eigenvalue weighted by atomic mass is 35.5. The maximum atomic E-state index is 12.8. The fraction of sp³-hybridized carbons (Fsp3) is 0.353. The second kappa shape index (κ2) is 7.87. The first kappa shape index (κ1) is 19.0. The molecular weight excluding hydrogens is 392 g/mol. The van der Waals surface area contributed by atoms with Crippen LogP contribution in [-0.4, -0.2) is 28.0 Å². The van der Waals surface area contributed by atoms with Gasteiger partial charge in [0.25, 0.3) is 5.56 Å². The van der Waals surface area contributed by atoms with Gasteiger partial charge < -0.3 is 11.1 Å². The van der Waals surface area contributed by atoms with Gasteiger partial charge in [-0.1, -0.05) is 6.07 Å². The normalized spacial score (nSPS) is 14.8. The van der Waals surface area contributed by atoms with E-state index in [4.69, 9.17) is 5.73 Å². The summed E-state index contributed by atoms with van der Waals surface area (Å²) in [5.74, 6) is 0.312. The number of amides is 1. The van der Waals surface area contributed by atoms with Gasteiger partial charge in [-0.05, 0) is 30.2 Å². The third kappa shape index (κ3) is 3.83. The first-order valence-electron chi connectivity index (χ1n) is 8.16. The lowest BCUT2D eigenvalue weighted by molar-refractivity contribution is -0.121. The summed E-state index contributed by atoms with van der Waals surface area (Å²) >= 11 is 3.02. The lowest BCUT2D eigenvalue weighted by Crippen LogP contribution is -2.41. The number of rotatable bonds is 6. The Kier molecular flexibility index (Phi) is 5.76. The zero-order valence-corrected chi connectivity index (χ0v) is 16.3. The standard InChI is InChI=1S/C17H18N4O2S2.ClH/c18-12(10-3-4-10)6-19-14(22)7-21-9-20-16-15(17(21)23)11(8-25-16)13-2-1-5-24-13;/h1-2,5,8-10,12H,3-4,6-7,18H2,(H,19,22);1H. The molecule has 1 aliphatic rings. The van der Waals surface area contributed by atoms with Crippen molar-refractivity contribution < 1.29 is 4.79 Å². The van der Waals surface area contributed by atoms with E-state index < -0.39 is 0 Å². The molecule has 1 unspecified atom stereocenters. The Hall–Kier alpha value is -1.74. The van der Waals surface area contributed by atoms with Crippen LogP contribution in [0.5, 0.6) is 0 Å². The summed E-state index contributed by atoms with van der Waals surface area (Å²) < 4.78 is 1.37. The number of nitrogens with one attached hydrogen (secondary N) is 1. The average molecular weight is 411 g/mol. The second-order valence-electron chi connectivity index (χ2n) is 6.29. The average Bonchev–Trinajstić information content (AvgIpc) is 3.14. The van der Waals surface area contributed by atoms with Crippen LogP contribution in [0, 0.1) is 5.92 Å². The van der Waals surface area contributed by atoms with Crippen LogP contribution in [0.15, 0.2) is 34.0 Å². The molecule has 3 heterocycles. The number of hydrogen-bond acceptors (Lipinski definition) is 6. The number of nitrogens with two attached hydrogens (primary N) is 1. The molecule has 0 saturated heterocycles. The minimum Gasteiger partial charge on any atom is -0.353 e. The van der Waals surface area contributed by atoms with Crippen LogP contribution < -0.4 is 16.6 Å². The highest BCUT2D eigenvalue weighted by molar-refractivity contribution is 7.18. The summed E-state index contributed by atoms with van der Waals surface area (Å²) in [7, 11) is 0. The molecule has 3 N–H and O–H groups in total. The zero-order valence-electron chi connectivity index (χ0n) is 13.9. The molecule has 138 valence electrons. The number of aromatic nitrogens is 2. The Balaban J connectivity index is 0.00000196. The van der Waals surface area contributed by atoms with Crippen molar-refractivity contribution in [2.45, 2.75) is 25.4 Å². The van der Waals surface area contributed by atoms with E-state index in [0.717, 1.165) is 23.3 Å². The van der Waals surface area contributed by atoms with Crippen LogP contribution in [-0.2, 0) is 11.3 Å².